The zero-order valence-electron chi connectivity index (χ0n) is 29.6. The van der Waals surface area contributed by atoms with Crippen LogP contribution in [0.15, 0.2) is 66.7 Å². The summed E-state index contributed by atoms with van der Waals surface area (Å²) in [4.78, 5) is 23.0. The van der Waals surface area contributed by atoms with Crippen LogP contribution in [0, 0.1) is 11.8 Å². The zero-order chi connectivity index (χ0) is 35.5. The number of hydrogen-bond donors (Lipinski definition) is 2. The smallest absolute Gasteiger partial charge is 0.459 e. The number of ether oxygens (including phenoxy) is 2. The van der Waals surface area contributed by atoms with Gasteiger partial charge in [-0.05, 0) is 57.0 Å². The van der Waals surface area contributed by atoms with Crippen LogP contribution < -0.4 is 15.3 Å². The van der Waals surface area contributed by atoms with Crippen molar-refractivity contribution in [2.45, 2.75) is 79.7 Å². The van der Waals surface area contributed by atoms with E-state index in [9.17, 15) is 4.79 Å². The molecule has 0 spiro atoms. The monoisotopic (exact) mass is 689 g/mol. The van der Waals surface area contributed by atoms with Crippen LogP contribution in [0.2, 0.25) is 0 Å². The lowest BCUT2D eigenvalue weighted by atomic mass is 10.0. The van der Waals surface area contributed by atoms with Crippen LogP contribution in [0.3, 0.4) is 0 Å². The molecule has 0 bridgehead atoms. The summed E-state index contributed by atoms with van der Waals surface area (Å²) in [5.41, 5.74) is 7.77. The van der Waals surface area contributed by atoms with E-state index in [-0.39, 0.29) is 25.0 Å². The van der Waals surface area contributed by atoms with Gasteiger partial charge < -0.3 is 24.3 Å². The molecular formula is C37H48N5O6P. The highest BCUT2D eigenvalue weighted by Gasteiger charge is 2.39. The van der Waals surface area contributed by atoms with Gasteiger partial charge in [0.25, 0.3) is 0 Å². The fourth-order valence-corrected chi connectivity index (χ4v) is 7.46. The van der Waals surface area contributed by atoms with E-state index in [1.54, 1.807) is 26.8 Å². The molecule has 262 valence electrons. The van der Waals surface area contributed by atoms with Crippen molar-refractivity contribution in [3.63, 3.8) is 0 Å². The Morgan fingerprint density at radius 3 is 2.29 bits per heavy atom. The summed E-state index contributed by atoms with van der Waals surface area (Å²) in [6.45, 7) is 15.7. The van der Waals surface area contributed by atoms with E-state index >= 15 is 4.57 Å². The highest BCUT2D eigenvalue weighted by atomic mass is 31.2. The number of carbonyl (C=O) groups is 1. The Kier molecular flexibility index (Phi) is 11.0. The maximum absolute atomic E-state index is 15.1. The number of benzene rings is 3. The van der Waals surface area contributed by atoms with E-state index in [2.05, 4.69) is 28.5 Å². The number of carbonyl (C=O) groups excluding carboxylic acids is 1. The van der Waals surface area contributed by atoms with Crippen LogP contribution in [-0.4, -0.2) is 45.4 Å². The SMILES string of the molecule is CCOCc1nc2c(N)nc3ccccc3c2n1[C@@H](CO[P@@](=O)(N[C@H](C(=O)OC(C)(C)C)C(C)C)Oc1cccc2ccccc12)C(C)C. The van der Waals surface area contributed by atoms with Gasteiger partial charge in [-0.1, -0.05) is 82.3 Å². The number of fused-ring (bicyclic) bond motifs is 4. The van der Waals surface area contributed by atoms with Gasteiger partial charge in [0.1, 0.15) is 35.3 Å². The Labute approximate surface area is 288 Å². The molecule has 3 atom stereocenters. The Morgan fingerprint density at radius 1 is 0.939 bits per heavy atom. The van der Waals surface area contributed by atoms with E-state index in [4.69, 9.17) is 29.2 Å². The molecule has 12 heteroatoms. The number of nitrogens with zero attached hydrogens (tertiary/aromatic N) is 3. The molecule has 49 heavy (non-hydrogen) atoms. The minimum Gasteiger partial charge on any atom is -0.459 e. The molecule has 0 aliphatic carbocycles. The fourth-order valence-electron chi connectivity index (χ4n) is 5.77. The lowest BCUT2D eigenvalue weighted by molar-refractivity contribution is -0.158. The Balaban J connectivity index is 1.60. The largest absolute Gasteiger partial charge is 0.459 e. The number of hydrogen-bond acceptors (Lipinski definition) is 9. The first-order chi connectivity index (χ1) is 23.2. The standard InChI is InChI=1S/C37H48N5O6P/c1-9-45-22-31-40-33-34(27-18-12-13-19-28(27)39-35(33)38)42(31)29(23(2)3)21-46-49(44,41-32(24(4)5)36(43)47-37(6,7)8)48-30-20-14-16-25-15-10-11-17-26(25)30/h10-20,23-24,29,32H,9,21-22H2,1-8H3,(H2,38,39)(H,41,44)/t29-,32-,49-/m0/s1. The lowest BCUT2D eigenvalue weighted by Crippen LogP contribution is -2.44. The van der Waals surface area contributed by atoms with Gasteiger partial charge >= 0.3 is 13.7 Å². The minimum atomic E-state index is -4.28. The molecule has 3 aromatic carbocycles. The minimum absolute atomic E-state index is 0.0383. The van der Waals surface area contributed by atoms with Crippen LogP contribution >= 0.6 is 7.75 Å². The Morgan fingerprint density at radius 2 is 1.61 bits per heavy atom. The second-order valence-corrected chi connectivity index (χ2v) is 15.5. The van der Waals surface area contributed by atoms with Crippen molar-refractivity contribution in [3.05, 3.63) is 72.6 Å². The molecule has 3 N–H and O–H groups in total. The molecule has 0 aliphatic heterocycles. The van der Waals surface area contributed by atoms with E-state index < -0.39 is 31.4 Å². The number of nitrogens with one attached hydrogen (secondary N) is 1. The quantitative estimate of drug-likeness (QED) is 0.0866. The number of pyridine rings is 1. The van der Waals surface area contributed by atoms with Crippen molar-refractivity contribution in [2.75, 3.05) is 18.9 Å². The van der Waals surface area contributed by atoms with Crippen molar-refractivity contribution in [3.8, 4) is 5.75 Å². The molecular weight excluding hydrogens is 641 g/mol. The highest BCUT2D eigenvalue weighted by Crippen LogP contribution is 2.49. The van der Waals surface area contributed by atoms with Gasteiger partial charge in [-0.15, -0.1) is 0 Å². The van der Waals surface area contributed by atoms with Crippen LogP contribution in [-0.2, 0) is 30.0 Å². The van der Waals surface area contributed by atoms with E-state index in [0.717, 1.165) is 27.2 Å². The second kappa shape index (κ2) is 14.8. The van der Waals surface area contributed by atoms with Gasteiger partial charge in [-0.3, -0.25) is 9.32 Å². The van der Waals surface area contributed by atoms with Crippen LogP contribution in [0.5, 0.6) is 5.75 Å². The summed E-state index contributed by atoms with van der Waals surface area (Å²) in [7, 11) is -4.28. The third kappa shape index (κ3) is 8.24. The summed E-state index contributed by atoms with van der Waals surface area (Å²) < 4.78 is 41.4. The van der Waals surface area contributed by atoms with Gasteiger partial charge in [-0.25, -0.2) is 14.5 Å². The van der Waals surface area contributed by atoms with Gasteiger partial charge in [0, 0.05) is 17.4 Å². The molecule has 2 heterocycles. The van der Waals surface area contributed by atoms with Crippen molar-refractivity contribution in [1.29, 1.82) is 0 Å². The van der Waals surface area contributed by atoms with Crippen molar-refractivity contribution < 1.29 is 27.9 Å². The summed E-state index contributed by atoms with van der Waals surface area (Å²) in [5, 5.41) is 5.51. The predicted molar refractivity (Wildman–Crippen MR) is 194 cm³/mol. The number of nitrogen functional groups attached to an aromatic ring is 1. The fraction of sp³-hybridized carbons (Fsp3) is 0.432. The highest BCUT2D eigenvalue weighted by molar-refractivity contribution is 7.52. The Hall–Kier alpha value is -4.02. The van der Waals surface area contributed by atoms with Gasteiger partial charge in [0.2, 0.25) is 0 Å². The van der Waals surface area contributed by atoms with Crippen molar-refractivity contribution in [1.82, 2.24) is 19.6 Å². The molecule has 0 saturated carbocycles. The van der Waals surface area contributed by atoms with E-state index in [1.807, 2.05) is 81.4 Å². The van der Waals surface area contributed by atoms with Crippen molar-refractivity contribution >= 4 is 52.2 Å². The molecule has 5 rings (SSSR count). The van der Waals surface area contributed by atoms with Crippen LogP contribution in [0.4, 0.5) is 5.82 Å². The average molecular weight is 690 g/mol. The molecule has 11 nitrogen and oxygen atoms in total. The normalized spacial score (nSPS) is 14.8. The zero-order valence-corrected chi connectivity index (χ0v) is 30.5. The number of imidazole rings is 1. The summed E-state index contributed by atoms with van der Waals surface area (Å²) in [5.74, 6) is 0.400. The maximum atomic E-state index is 15.1. The van der Waals surface area contributed by atoms with Crippen molar-refractivity contribution in [2.24, 2.45) is 11.8 Å². The number of anilines is 1. The molecule has 5 aromatic rings. The van der Waals surface area contributed by atoms with Crippen LogP contribution in [0.25, 0.3) is 32.7 Å². The van der Waals surface area contributed by atoms with E-state index in [0.29, 0.717) is 29.5 Å². The average Bonchev–Trinajstić information content (AvgIpc) is 3.42. The summed E-state index contributed by atoms with van der Waals surface area (Å²) in [6.07, 6.45) is 0. The number of esters is 1. The molecule has 0 fully saturated rings. The number of aromatic nitrogens is 3. The first kappa shape index (κ1) is 36.3. The number of para-hydroxylation sites is 1. The maximum Gasteiger partial charge on any atom is 0.459 e. The summed E-state index contributed by atoms with van der Waals surface area (Å²) >= 11 is 0. The topological polar surface area (TPSA) is 140 Å². The third-order valence-electron chi connectivity index (χ3n) is 8.17. The van der Waals surface area contributed by atoms with Gasteiger partial charge in [0.05, 0.1) is 23.7 Å². The van der Waals surface area contributed by atoms with Crippen LogP contribution in [0.1, 0.15) is 67.3 Å². The molecule has 0 amide bonds. The second-order valence-electron chi connectivity index (χ2n) is 13.8. The molecule has 0 aliphatic rings. The first-order valence-corrected chi connectivity index (χ1v) is 18.3. The molecule has 0 unspecified atom stereocenters. The third-order valence-corrected chi connectivity index (χ3v) is 9.69. The van der Waals surface area contributed by atoms with Gasteiger partial charge in [-0.2, -0.15) is 5.09 Å². The van der Waals surface area contributed by atoms with Gasteiger partial charge in [0.15, 0.2) is 5.82 Å². The predicted octanol–water partition coefficient (Wildman–Crippen LogP) is 8.21. The molecule has 2 aromatic heterocycles. The van der Waals surface area contributed by atoms with E-state index in [1.165, 1.54) is 0 Å². The number of rotatable bonds is 14. The molecule has 0 radical (unpaired) electrons. The lowest BCUT2D eigenvalue weighted by Gasteiger charge is -2.31. The molecule has 0 saturated heterocycles. The summed E-state index contributed by atoms with van der Waals surface area (Å²) in [6, 6.07) is 19.5. The first-order valence-electron chi connectivity index (χ1n) is 16.8. The Bertz CT molecular complexity index is 1980. The number of nitrogens with two attached hydrogens (primary N) is 1.